The second kappa shape index (κ2) is 9.35. The van der Waals surface area contributed by atoms with Crippen LogP contribution in [0.1, 0.15) is 5.56 Å². The molecule has 0 unspecified atom stereocenters. The number of benzene rings is 1. The lowest BCUT2D eigenvalue weighted by Gasteiger charge is -2.35. The van der Waals surface area contributed by atoms with Crippen molar-refractivity contribution in [3.8, 4) is 0 Å². The molecule has 1 aromatic carbocycles. The average molecular weight is 408 g/mol. The smallest absolute Gasteiger partial charge is 0.277 e. The molecule has 29 heavy (non-hydrogen) atoms. The molecule has 0 aliphatic carbocycles. The maximum atomic E-state index is 12.6. The fourth-order valence-corrected chi connectivity index (χ4v) is 4.26. The molecule has 0 radical (unpaired) electrons. The van der Waals surface area contributed by atoms with E-state index in [1.54, 1.807) is 10.8 Å². The van der Waals surface area contributed by atoms with E-state index < -0.39 is 0 Å². The van der Waals surface area contributed by atoms with Gasteiger partial charge in [-0.2, -0.15) is 0 Å². The van der Waals surface area contributed by atoms with Crippen molar-refractivity contribution in [3.05, 3.63) is 70.8 Å². The van der Waals surface area contributed by atoms with Gasteiger partial charge in [-0.05, 0) is 30.5 Å². The largest absolute Gasteiger partial charge is 0.312 e. The summed E-state index contributed by atoms with van der Waals surface area (Å²) in [4.78, 5) is 22.9. The first-order valence-corrected chi connectivity index (χ1v) is 10.6. The summed E-state index contributed by atoms with van der Waals surface area (Å²) in [6.07, 6.45) is 3.56. The molecular formula is C22H25N5OS. The maximum absolute atomic E-state index is 12.6. The zero-order valence-electron chi connectivity index (χ0n) is 16.4. The van der Waals surface area contributed by atoms with Gasteiger partial charge in [-0.1, -0.05) is 24.3 Å². The van der Waals surface area contributed by atoms with E-state index in [1.807, 2.05) is 30.5 Å². The van der Waals surface area contributed by atoms with Crippen LogP contribution in [0.15, 0.2) is 68.9 Å². The van der Waals surface area contributed by atoms with Crippen molar-refractivity contribution >= 4 is 29.6 Å². The van der Waals surface area contributed by atoms with Gasteiger partial charge in [-0.15, -0.1) is 0 Å². The quantitative estimate of drug-likeness (QED) is 0.445. The van der Waals surface area contributed by atoms with Crippen molar-refractivity contribution in [2.75, 3.05) is 32.7 Å². The van der Waals surface area contributed by atoms with Crippen LogP contribution in [0.5, 0.6) is 0 Å². The first-order valence-electron chi connectivity index (χ1n) is 9.84. The molecule has 4 rings (SSSR count). The van der Waals surface area contributed by atoms with E-state index in [2.05, 4.69) is 44.1 Å². The van der Waals surface area contributed by atoms with Crippen molar-refractivity contribution < 1.29 is 0 Å². The van der Waals surface area contributed by atoms with Crippen molar-refractivity contribution in [3.63, 3.8) is 0 Å². The zero-order chi connectivity index (χ0) is 20.1. The standard InChI is InChI=1S/C22H25N5OS/c1-23-29-20-7-3-2-5-19(20)17-26-13-11-25(12-14-26)15-16-27-10-8-18-6-4-9-24-21(18)22(27)28/h2-10H,1,11-17H2. The van der Waals surface area contributed by atoms with Gasteiger partial charge < -0.3 is 4.57 Å². The van der Waals surface area contributed by atoms with Gasteiger partial charge in [0.15, 0.2) is 0 Å². The van der Waals surface area contributed by atoms with E-state index in [9.17, 15) is 4.79 Å². The monoisotopic (exact) mass is 407 g/mol. The molecule has 7 heteroatoms. The van der Waals surface area contributed by atoms with E-state index in [0.29, 0.717) is 12.1 Å². The van der Waals surface area contributed by atoms with Gasteiger partial charge in [0.05, 0.1) is 0 Å². The molecule has 0 saturated carbocycles. The Morgan fingerprint density at radius 1 is 1.00 bits per heavy atom. The summed E-state index contributed by atoms with van der Waals surface area (Å²) in [6.45, 7) is 10.1. The zero-order valence-corrected chi connectivity index (χ0v) is 17.2. The molecule has 6 nitrogen and oxygen atoms in total. The predicted octanol–water partition coefficient (Wildman–Crippen LogP) is 2.92. The van der Waals surface area contributed by atoms with Crippen LogP contribution in [-0.4, -0.2) is 58.8 Å². The third-order valence-electron chi connectivity index (χ3n) is 5.39. The van der Waals surface area contributed by atoms with E-state index in [-0.39, 0.29) is 5.56 Å². The van der Waals surface area contributed by atoms with Crippen LogP contribution in [0.4, 0.5) is 0 Å². The van der Waals surface area contributed by atoms with Gasteiger partial charge in [-0.3, -0.25) is 19.6 Å². The first kappa shape index (κ1) is 19.8. The van der Waals surface area contributed by atoms with E-state index in [1.165, 1.54) is 22.4 Å². The normalized spacial score (nSPS) is 15.6. The van der Waals surface area contributed by atoms with Gasteiger partial charge in [0.1, 0.15) is 5.52 Å². The lowest BCUT2D eigenvalue weighted by molar-refractivity contribution is 0.123. The Balaban J connectivity index is 1.31. The van der Waals surface area contributed by atoms with Gasteiger partial charge in [0, 0.05) is 80.4 Å². The molecule has 150 valence electrons. The molecule has 1 fully saturated rings. The second-order valence-corrected chi connectivity index (χ2v) is 8.08. The van der Waals surface area contributed by atoms with Crippen LogP contribution in [0.3, 0.4) is 0 Å². The van der Waals surface area contributed by atoms with Gasteiger partial charge in [-0.25, -0.2) is 4.40 Å². The molecule has 0 spiro atoms. The van der Waals surface area contributed by atoms with Gasteiger partial charge in [0.25, 0.3) is 5.56 Å². The minimum absolute atomic E-state index is 0.00771. The highest BCUT2D eigenvalue weighted by Crippen LogP contribution is 2.24. The van der Waals surface area contributed by atoms with Crippen molar-refractivity contribution in [2.45, 2.75) is 18.0 Å². The Hall–Kier alpha value is -2.48. The third kappa shape index (κ3) is 4.75. The summed E-state index contributed by atoms with van der Waals surface area (Å²) < 4.78 is 5.73. The van der Waals surface area contributed by atoms with Crippen LogP contribution in [0.2, 0.25) is 0 Å². The Bertz CT molecular complexity index is 1040. The minimum atomic E-state index is -0.00771. The fraction of sp³-hybridized carbons (Fsp3) is 0.318. The molecule has 1 aliphatic heterocycles. The van der Waals surface area contributed by atoms with E-state index in [0.717, 1.165) is 44.7 Å². The second-order valence-electron chi connectivity index (χ2n) is 7.20. The van der Waals surface area contributed by atoms with Gasteiger partial charge in [0.2, 0.25) is 0 Å². The molecule has 1 aliphatic rings. The van der Waals surface area contributed by atoms with E-state index in [4.69, 9.17) is 0 Å². The van der Waals surface area contributed by atoms with Crippen LogP contribution in [-0.2, 0) is 13.1 Å². The summed E-state index contributed by atoms with van der Waals surface area (Å²) in [7, 11) is 0. The number of piperazine rings is 1. The Morgan fingerprint density at radius 3 is 2.62 bits per heavy atom. The summed E-state index contributed by atoms with van der Waals surface area (Å²) in [5.74, 6) is 0. The van der Waals surface area contributed by atoms with Crippen LogP contribution < -0.4 is 5.56 Å². The molecule has 0 amide bonds. The number of fused-ring (bicyclic) bond motifs is 1. The summed E-state index contributed by atoms with van der Waals surface area (Å²) in [6, 6.07) is 14.1. The molecule has 3 aromatic rings. The number of rotatable bonds is 7. The van der Waals surface area contributed by atoms with Crippen LogP contribution >= 0.6 is 11.9 Å². The number of hydrogen-bond acceptors (Lipinski definition) is 6. The predicted molar refractivity (Wildman–Crippen MR) is 120 cm³/mol. The SMILES string of the molecule is C=NSc1ccccc1CN1CCN(CCn2ccc3cccnc3c2=O)CC1. The summed E-state index contributed by atoms with van der Waals surface area (Å²) in [5.41, 5.74) is 1.84. The maximum Gasteiger partial charge on any atom is 0.277 e. The molecule has 0 atom stereocenters. The highest BCUT2D eigenvalue weighted by Gasteiger charge is 2.18. The number of nitrogens with zero attached hydrogens (tertiary/aromatic N) is 5. The highest BCUT2D eigenvalue weighted by molar-refractivity contribution is 7.98. The fourth-order valence-electron chi connectivity index (χ4n) is 3.74. The average Bonchev–Trinajstić information content (AvgIpc) is 2.76. The summed E-state index contributed by atoms with van der Waals surface area (Å²) >= 11 is 1.44. The van der Waals surface area contributed by atoms with Crippen molar-refractivity contribution in [1.82, 2.24) is 19.4 Å². The number of aromatic nitrogens is 2. The lowest BCUT2D eigenvalue weighted by atomic mass is 10.2. The number of hydrogen-bond donors (Lipinski definition) is 0. The van der Waals surface area contributed by atoms with Crippen LogP contribution in [0.25, 0.3) is 10.9 Å². The Labute approximate surface area is 175 Å². The first-order chi connectivity index (χ1) is 14.2. The third-order valence-corrected chi connectivity index (χ3v) is 6.11. The van der Waals surface area contributed by atoms with Crippen LogP contribution in [0, 0.1) is 0 Å². The molecular weight excluding hydrogens is 382 g/mol. The molecule has 0 bridgehead atoms. The topological polar surface area (TPSA) is 53.7 Å². The van der Waals surface area contributed by atoms with Gasteiger partial charge >= 0.3 is 0 Å². The molecule has 3 heterocycles. The van der Waals surface area contributed by atoms with Crippen molar-refractivity contribution in [2.24, 2.45) is 4.40 Å². The van der Waals surface area contributed by atoms with E-state index >= 15 is 0 Å². The molecule has 2 aromatic heterocycles. The minimum Gasteiger partial charge on any atom is -0.312 e. The number of pyridine rings is 2. The Kier molecular flexibility index (Phi) is 6.39. The lowest BCUT2D eigenvalue weighted by Crippen LogP contribution is -2.47. The van der Waals surface area contributed by atoms with Crippen molar-refractivity contribution in [1.29, 1.82) is 0 Å². The summed E-state index contributed by atoms with van der Waals surface area (Å²) in [5, 5.41) is 0.896. The highest BCUT2D eigenvalue weighted by atomic mass is 32.2. The molecule has 0 N–H and O–H groups in total. The molecule has 1 saturated heterocycles. The Morgan fingerprint density at radius 2 is 1.79 bits per heavy atom.